The predicted octanol–water partition coefficient (Wildman–Crippen LogP) is 0.438. The molecule has 4 aliphatic rings. The number of benzene rings is 1. The van der Waals surface area contributed by atoms with Crippen molar-refractivity contribution >= 4 is 65.1 Å². The summed E-state index contributed by atoms with van der Waals surface area (Å²) in [7, 11) is 0. The minimum atomic E-state index is -1.11. The Balaban J connectivity index is 0.744. The topological polar surface area (TPSA) is 278 Å². The van der Waals surface area contributed by atoms with E-state index < -0.39 is 42.2 Å². The Kier molecular flexibility index (Phi) is 21.9. The Hall–Kier alpha value is -5.32. The highest BCUT2D eigenvalue weighted by atomic mass is 32.2. The lowest BCUT2D eigenvalue weighted by molar-refractivity contribution is -0.136. The molecule has 10 amide bonds. The maximum atomic E-state index is 13.2. The summed E-state index contributed by atoms with van der Waals surface area (Å²) >= 11 is 1.89. The van der Waals surface area contributed by atoms with Crippen LogP contribution < -0.4 is 42.0 Å². The lowest BCUT2D eigenvalue weighted by atomic mass is 10.0. The molecule has 21 nitrogen and oxygen atoms in total. The van der Waals surface area contributed by atoms with Crippen LogP contribution in [0.1, 0.15) is 104 Å². The van der Waals surface area contributed by atoms with Gasteiger partial charge in [0.05, 0.1) is 49.6 Å². The smallest absolute Gasteiger partial charge is 0.315 e. The highest BCUT2D eigenvalue weighted by molar-refractivity contribution is 8.00. The fourth-order valence-corrected chi connectivity index (χ4v) is 9.34. The molecule has 66 heavy (non-hydrogen) atoms. The molecule has 3 fully saturated rings. The highest BCUT2D eigenvalue weighted by Crippen LogP contribution is 2.34. The van der Waals surface area contributed by atoms with Gasteiger partial charge in [0.1, 0.15) is 11.8 Å². The average Bonchev–Trinajstić information content (AvgIpc) is 3.93. The number of ether oxygens (including phenoxy) is 4. The predicted molar refractivity (Wildman–Crippen MR) is 239 cm³/mol. The average molecular weight is 945 g/mol. The molecular formula is C44H64N8O13S. The number of thioether (sulfide) groups is 1. The number of imide groups is 2. The first-order valence-electron chi connectivity index (χ1n) is 23.0. The normalized spacial score (nSPS) is 19.7. The molecule has 3 saturated heterocycles. The summed E-state index contributed by atoms with van der Waals surface area (Å²) in [5, 5.41) is 19.8. The van der Waals surface area contributed by atoms with E-state index in [1.165, 1.54) is 18.2 Å². The lowest BCUT2D eigenvalue weighted by Gasteiger charge is -2.27. The largest absolute Gasteiger partial charge is 0.483 e. The molecule has 4 unspecified atom stereocenters. The van der Waals surface area contributed by atoms with Crippen LogP contribution in [-0.4, -0.2) is 160 Å². The number of hydrogen-bond donors (Lipinski definition) is 7. The van der Waals surface area contributed by atoms with Gasteiger partial charge >= 0.3 is 6.03 Å². The quantitative estimate of drug-likeness (QED) is 0.0294. The molecule has 364 valence electrons. The van der Waals surface area contributed by atoms with E-state index in [4.69, 9.17) is 18.9 Å². The van der Waals surface area contributed by atoms with E-state index in [2.05, 4.69) is 37.2 Å². The van der Waals surface area contributed by atoms with E-state index in [9.17, 15) is 43.2 Å². The number of piperidine rings is 1. The van der Waals surface area contributed by atoms with Gasteiger partial charge in [0.15, 0.2) is 6.61 Å². The number of carbonyl (C=O) groups is 9. The van der Waals surface area contributed by atoms with Gasteiger partial charge in [0.25, 0.3) is 17.7 Å². The van der Waals surface area contributed by atoms with Crippen LogP contribution in [-0.2, 0) is 43.0 Å². The monoisotopic (exact) mass is 944 g/mol. The summed E-state index contributed by atoms with van der Waals surface area (Å²) < 4.78 is 22.2. The van der Waals surface area contributed by atoms with Crippen molar-refractivity contribution in [1.29, 1.82) is 0 Å². The van der Waals surface area contributed by atoms with E-state index in [1.54, 1.807) is 0 Å². The maximum Gasteiger partial charge on any atom is 0.315 e. The molecule has 4 heterocycles. The van der Waals surface area contributed by atoms with Crippen LogP contribution in [0, 0.1) is 0 Å². The molecule has 0 radical (unpaired) electrons. The van der Waals surface area contributed by atoms with Crippen molar-refractivity contribution in [2.24, 2.45) is 0 Å². The van der Waals surface area contributed by atoms with Gasteiger partial charge in [-0.25, -0.2) is 4.79 Å². The van der Waals surface area contributed by atoms with Crippen molar-refractivity contribution in [3.8, 4) is 5.75 Å². The van der Waals surface area contributed by atoms with E-state index in [-0.39, 0.29) is 78.4 Å². The van der Waals surface area contributed by atoms with Crippen molar-refractivity contribution in [1.82, 2.24) is 42.1 Å². The van der Waals surface area contributed by atoms with Crippen molar-refractivity contribution in [3.63, 3.8) is 0 Å². The van der Waals surface area contributed by atoms with E-state index in [1.807, 2.05) is 11.8 Å². The third kappa shape index (κ3) is 16.8. The summed E-state index contributed by atoms with van der Waals surface area (Å²) in [6.07, 6.45) is 6.70. The van der Waals surface area contributed by atoms with Gasteiger partial charge in [-0.15, -0.1) is 0 Å². The zero-order valence-electron chi connectivity index (χ0n) is 37.4. The molecule has 22 heteroatoms. The molecule has 1 aromatic carbocycles. The zero-order chi connectivity index (χ0) is 47.1. The van der Waals surface area contributed by atoms with E-state index in [0.29, 0.717) is 103 Å². The summed E-state index contributed by atoms with van der Waals surface area (Å²) in [6, 6.07) is 3.65. The number of hydrogen-bond acceptors (Lipinski definition) is 14. The van der Waals surface area contributed by atoms with E-state index in [0.717, 1.165) is 36.3 Å². The van der Waals surface area contributed by atoms with Crippen LogP contribution in [0.25, 0.3) is 0 Å². The SMILES string of the molecule is O=C(CCCCC1SCC2NC(=O)NC21)NCCCOCCOCCOCCCNC(=O)CCCC(=O)NCCCCNC(=O)COc1cccc2c1C(=O)N(C1CCC(=O)NC1=O)C2=O. The molecule has 0 bridgehead atoms. The van der Waals surface area contributed by atoms with Crippen molar-refractivity contribution in [2.75, 3.05) is 78.2 Å². The first-order chi connectivity index (χ1) is 32.0. The minimum Gasteiger partial charge on any atom is -0.483 e. The van der Waals surface area contributed by atoms with Gasteiger partial charge in [-0.05, 0) is 63.5 Å². The van der Waals surface area contributed by atoms with Crippen LogP contribution in [0.3, 0.4) is 0 Å². The number of carbonyl (C=O) groups excluding carboxylic acids is 9. The molecule has 5 rings (SSSR count). The van der Waals surface area contributed by atoms with Gasteiger partial charge in [-0.2, -0.15) is 11.8 Å². The second-order valence-electron chi connectivity index (χ2n) is 16.3. The van der Waals surface area contributed by atoms with Crippen LogP contribution >= 0.6 is 11.8 Å². The van der Waals surface area contributed by atoms with Crippen LogP contribution in [0.2, 0.25) is 0 Å². The number of nitrogens with zero attached hydrogens (tertiary/aromatic N) is 1. The molecule has 0 aliphatic carbocycles. The third-order valence-electron chi connectivity index (χ3n) is 11.2. The third-order valence-corrected chi connectivity index (χ3v) is 12.8. The zero-order valence-corrected chi connectivity index (χ0v) is 38.2. The second kappa shape index (κ2) is 28.0. The molecule has 0 aromatic heterocycles. The molecule has 7 N–H and O–H groups in total. The molecular weight excluding hydrogens is 881 g/mol. The second-order valence-corrected chi connectivity index (χ2v) is 17.6. The Bertz CT molecular complexity index is 1870. The summed E-state index contributed by atoms with van der Waals surface area (Å²) in [5.41, 5.74) is 0.00849. The Morgan fingerprint density at radius 2 is 1.26 bits per heavy atom. The van der Waals surface area contributed by atoms with Gasteiger partial charge < -0.3 is 50.8 Å². The van der Waals surface area contributed by atoms with Crippen LogP contribution in [0.15, 0.2) is 18.2 Å². The summed E-state index contributed by atoms with van der Waals surface area (Å²) in [6.45, 7) is 4.08. The van der Waals surface area contributed by atoms with Gasteiger partial charge in [0.2, 0.25) is 29.5 Å². The molecule has 0 saturated carbocycles. The van der Waals surface area contributed by atoms with E-state index >= 15 is 0 Å². The molecule has 1 aromatic rings. The lowest BCUT2D eigenvalue weighted by Crippen LogP contribution is -2.54. The van der Waals surface area contributed by atoms with Crippen LogP contribution in [0.5, 0.6) is 5.75 Å². The van der Waals surface area contributed by atoms with Gasteiger partial charge in [-0.3, -0.25) is 48.6 Å². The summed E-state index contributed by atoms with van der Waals surface area (Å²) in [5.74, 6) is -2.32. The number of fused-ring (bicyclic) bond motifs is 2. The van der Waals surface area contributed by atoms with Crippen molar-refractivity contribution in [3.05, 3.63) is 29.3 Å². The first kappa shape index (κ1) is 51.7. The minimum absolute atomic E-state index is 0.00191. The summed E-state index contributed by atoms with van der Waals surface area (Å²) in [4.78, 5) is 111. The first-order valence-corrected chi connectivity index (χ1v) is 24.0. The number of amides is 10. The maximum absolute atomic E-state index is 13.2. The van der Waals surface area contributed by atoms with Crippen molar-refractivity contribution < 1.29 is 62.1 Å². The Labute approximate surface area is 388 Å². The van der Waals surface area contributed by atoms with Gasteiger partial charge in [0, 0.05) is 76.1 Å². The fraction of sp³-hybridized carbons (Fsp3) is 0.659. The highest BCUT2D eigenvalue weighted by Gasteiger charge is 2.46. The molecule has 4 atom stereocenters. The Morgan fingerprint density at radius 3 is 1.89 bits per heavy atom. The number of rotatable bonds is 32. The van der Waals surface area contributed by atoms with Gasteiger partial charge in [-0.1, -0.05) is 12.5 Å². The number of urea groups is 1. The number of nitrogens with one attached hydrogen (secondary N) is 7. The fourth-order valence-electron chi connectivity index (χ4n) is 7.80. The standard InChI is InChI=1S/C44H64N8O13S/c53-34(12-2-1-11-33-40-30(28-66-33)49-44(61)51-40)46-19-7-21-62-23-25-64-26-24-63-22-8-20-47-36(55)14-6-13-35(54)45-17-3-4-18-48-38(57)27-65-32-10-5-9-29-39(32)43(60)52(42(29)59)31-15-16-37(56)50-41(31)58/h5,9-10,30-31,33,40H,1-4,6-8,11-28H2,(H,45,54)(H,46,53)(H,47,55)(H,48,57)(H2,49,51,61)(H,50,56,58). The Morgan fingerprint density at radius 1 is 0.667 bits per heavy atom. The number of unbranched alkanes of at least 4 members (excludes halogenated alkanes) is 2. The molecule has 4 aliphatic heterocycles. The van der Waals surface area contributed by atoms with Crippen molar-refractivity contribution in [2.45, 2.75) is 107 Å². The van der Waals surface area contributed by atoms with Crippen LogP contribution in [0.4, 0.5) is 4.79 Å². The molecule has 0 spiro atoms.